The zero-order valence-electron chi connectivity index (χ0n) is 11.8. The second-order valence-electron chi connectivity index (χ2n) is 5.35. The van der Waals surface area contributed by atoms with Crippen LogP contribution in [0.25, 0.3) is 0 Å². The Morgan fingerprint density at radius 3 is 2.70 bits per heavy atom. The van der Waals surface area contributed by atoms with Gasteiger partial charge in [0.25, 0.3) is 0 Å². The quantitative estimate of drug-likeness (QED) is 0.862. The topological polar surface area (TPSA) is 49.2 Å². The van der Waals surface area contributed by atoms with Crippen molar-refractivity contribution in [3.63, 3.8) is 0 Å². The summed E-state index contributed by atoms with van der Waals surface area (Å²) in [4.78, 5) is 8.89. The third-order valence-electron chi connectivity index (χ3n) is 3.70. The van der Waals surface area contributed by atoms with E-state index in [0.717, 1.165) is 12.3 Å². The number of hydrogen-bond donors (Lipinski definition) is 1. The molecule has 1 aromatic carbocycles. The summed E-state index contributed by atoms with van der Waals surface area (Å²) < 4.78 is 51.8. The fourth-order valence-corrected chi connectivity index (χ4v) is 2.71. The first kappa shape index (κ1) is 15.7. The van der Waals surface area contributed by atoms with Crippen LogP contribution in [0.3, 0.4) is 0 Å². The summed E-state index contributed by atoms with van der Waals surface area (Å²) in [7, 11) is 0. The number of anilines is 1. The average Bonchev–Trinajstić information content (AvgIpc) is 2.89. The summed E-state index contributed by atoms with van der Waals surface area (Å²) >= 11 is 0. The summed E-state index contributed by atoms with van der Waals surface area (Å²) in [6.07, 6.45) is -4.03. The fourth-order valence-electron chi connectivity index (χ4n) is 2.71. The summed E-state index contributed by atoms with van der Waals surface area (Å²) in [6.45, 7) is 0.0858. The van der Waals surface area contributed by atoms with Crippen LogP contribution in [-0.4, -0.2) is 27.7 Å². The van der Waals surface area contributed by atoms with Crippen molar-refractivity contribution in [2.24, 2.45) is 0 Å². The highest BCUT2D eigenvalue weighted by Gasteiger charge is 2.37. The van der Waals surface area contributed by atoms with Gasteiger partial charge in [-0.15, -0.1) is 0 Å². The SMILES string of the molecule is O[C@@H]1C[C@@H](c2cccc(F)c2)N(c2nccc(C(F)(F)F)n2)C1. The number of halogens is 4. The Balaban J connectivity index is 1.97. The van der Waals surface area contributed by atoms with Gasteiger partial charge in [0.15, 0.2) is 0 Å². The smallest absolute Gasteiger partial charge is 0.391 e. The van der Waals surface area contributed by atoms with Crippen LogP contribution in [0.4, 0.5) is 23.5 Å². The molecule has 2 atom stereocenters. The molecule has 1 aliphatic heterocycles. The molecule has 3 rings (SSSR count). The Labute approximate surface area is 129 Å². The largest absolute Gasteiger partial charge is 0.433 e. The minimum atomic E-state index is -4.58. The van der Waals surface area contributed by atoms with Gasteiger partial charge in [-0.2, -0.15) is 13.2 Å². The number of alkyl halides is 3. The molecule has 0 unspecified atom stereocenters. The molecule has 0 radical (unpaired) electrons. The second kappa shape index (κ2) is 5.77. The lowest BCUT2D eigenvalue weighted by Crippen LogP contribution is -2.27. The Hall–Kier alpha value is -2.22. The van der Waals surface area contributed by atoms with Crippen molar-refractivity contribution in [2.75, 3.05) is 11.4 Å². The number of rotatable bonds is 2. The highest BCUT2D eigenvalue weighted by atomic mass is 19.4. The molecule has 0 spiro atoms. The van der Waals surface area contributed by atoms with Crippen molar-refractivity contribution in [1.82, 2.24) is 9.97 Å². The monoisotopic (exact) mass is 327 g/mol. The van der Waals surface area contributed by atoms with Crippen molar-refractivity contribution >= 4 is 5.95 Å². The number of aliphatic hydroxyl groups excluding tert-OH is 1. The van der Waals surface area contributed by atoms with Crippen LogP contribution in [0.15, 0.2) is 36.5 Å². The normalized spacial score (nSPS) is 21.7. The predicted molar refractivity (Wildman–Crippen MR) is 74.1 cm³/mol. The van der Waals surface area contributed by atoms with Crippen molar-refractivity contribution in [2.45, 2.75) is 24.7 Å². The highest BCUT2D eigenvalue weighted by Crippen LogP contribution is 2.36. The van der Waals surface area contributed by atoms with Gasteiger partial charge >= 0.3 is 6.18 Å². The molecule has 1 saturated heterocycles. The molecule has 0 saturated carbocycles. The third-order valence-corrected chi connectivity index (χ3v) is 3.70. The first-order valence-corrected chi connectivity index (χ1v) is 6.95. The van der Waals surface area contributed by atoms with Crippen LogP contribution in [0, 0.1) is 5.82 Å². The van der Waals surface area contributed by atoms with E-state index in [1.807, 2.05) is 0 Å². The molecule has 0 bridgehead atoms. The molecule has 122 valence electrons. The maximum atomic E-state index is 13.4. The van der Waals surface area contributed by atoms with E-state index >= 15 is 0 Å². The van der Waals surface area contributed by atoms with Crippen LogP contribution in [0.5, 0.6) is 0 Å². The molecule has 2 heterocycles. The van der Waals surface area contributed by atoms with Crippen LogP contribution >= 0.6 is 0 Å². The van der Waals surface area contributed by atoms with E-state index in [0.29, 0.717) is 5.56 Å². The van der Waals surface area contributed by atoms with E-state index in [1.54, 1.807) is 6.07 Å². The van der Waals surface area contributed by atoms with Gasteiger partial charge in [0.05, 0.1) is 12.1 Å². The minimum absolute atomic E-state index is 0.0858. The standard InChI is InChI=1S/C15H13F4N3O/c16-10-3-1-2-9(6-10)12-7-11(23)8-22(12)14-20-5-4-13(21-14)15(17,18)19/h1-6,11-12,23H,7-8H2/t11-,12+/m1/s1. The number of hydrogen-bond acceptors (Lipinski definition) is 4. The number of benzene rings is 1. The third kappa shape index (κ3) is 3.26. The van der Waals surface area contributed by atoms with Crippen LogP contribution in [0.1, 0.15) is 23.7 Å². The molecule has 2 aromatic rings. The molecule has 0 amide bonds. The molecule has 1 fully saturated rings. The van der Waals surface area contributed by atoms with Crippen molar-refractivity contribution in [1.29, 1.82) is 0 Å². The zero-order chi connectivity index (χ0) is 16.6. The molecule has 8 heteroatoms. The lowest BCUT2D eigenvalue weighted by molar-refractivity contribution is -0.141. The van der Waals surface area contributed by atoms with Crippen LogP contribution in [0.2, 0.25) is 0 Å². The van der Waals surface area contributed by atoms with Crippen molar-refractivity contribution < 1.29 is 22.7 Å². The predicted octanol–water partition coefficient (Wildman–Crippen LogP) is 2.95. The van der Waals surface area contributed by atoms with Gasteiger partial charge in [-0.1, -0.05) is 12.1 Å². The molecule has 4 nitrogen and oxygen atoms in total. The zero-order valence-corrected chi connectivity index (χ0v) is 11.8. The lowest BCUT2D eigenvalue weighted by Gasteiger charge is -2.25. The number of β-amino-alcohol motifs (C(OH)–C–C–N with tert-alkyl or cyclic N) is 1. The summed E-state index contributed by atoms with van der Waals surface area (Å²) in [5, 5.41) is 9.88. The summed E-state index contributed by atoms with van der Waals surface area (Å²) in [5.74, 6) is -0.584. The maximum absolute atomic E-state index is 13.4. The van der Waals surface area contributed by atoms with Crippen molar-refractivity contribution in [3.05, 3.63) is 53.6 Å². The Kier molecular flexibility index (Phi) is 3.93. The molecule has 23 heavy (non-hydrogen) atoms. The van der Waals surface area contributed by atoms with Gasteiger partial charge in [0.2, 0.25) is 5.95 Å². The lowest BCUT2D eigenvalue weighted by atomic mass is 10.0. The van der Waals surface area contributed by atoms with Crippen LogP contribution < -0.4 is 4.90 Å². The molecule has 1 N–H and O–H groups in total. The Morgan fingerprint density at radius 1 is 1.22 bits per heavy atom. The number of aliphatic hydroxyl groups is 1. The van der Waals surface area contributed by atoms with Crippen molar-refractivity contribution in [3.8, 4) is 0 Å². The maximum Gasteiger partial charge on any atom is 0.433 e. The molecule has 1 aromatic heterocycles. The van der Waals surface area contributed by atoms with E-state index in [4.69, 9.17) is 0 Å². The first-order chi connectivity index (χ1) is 10.8. The minimum Gasteiger partial charge on any atom is -0.391 e. The van der Waals surface area contributed by atoms with Gasteiger partial charge in [0, 0.05) is 12.7 Å². The summed E-state index contributed by atoms with van der Waals surface area (Å²) in [6, 6.07) is 6.05. The first-order valence-electron chi connectivity index (χ1n) is 6.95. The number of aromatic nitrogens is 2. The fraction of sp³-hybridized carbons (Fsp3) is 0.333. The molecule has 1 aliphatic rings. The molecular formula is C15H13F4N3O. The van der Waals surface area contributed by atoms with E-state index in [9.17, 15) is 22.7 Å². The molecule has 0 aliphatic carbocycles. The Morgan fingerprint density at radius 2 is 2.00 bits per heavy atom. The summed E-state index contributed by atoms with van der Waals surface area (Å²) in [5.41, 5.74) is -0.496. The second-order valence-corrected chi connectivity index (χ2v) is 5.35. The Bertz CT molecular complexity index is 707. The van der Waals surface area contributed by atoms with Gasteiger partial charge in [-0.05, 0) is 30.2 Å². The van der Waals surface area contributed by atoms with Gasteiger partial charge in [-0.3, -0.25) is 0 Å². The number of nitrogens with zero attached hydrogens (tertiary/aromatic N) is 3. The van der Waals surface area contributed by atoms with E-state index in [1.165, 1.54) is 23.1 Å². The molecular weight excluding hydrogens is 314 g/mol. The van der Waals surface area contributed by atoms with Gasteiger partial charge in [0.1, 0.15) is 11.5 Å². The van der Waals surface area contributed by atoms with Gasteiger partial charge < -0.3 is 10.0 Å². The van der Waals surface area contributed by atoms with E-state index in [2.05, 4.69) is 9.97 Å². The highest BCUT2D eigenvalue weighted by molar-refractivity contribution is 5.40. The van der Waals surface area contributed by atoms with E-state index in [-0.39, 0.29) is 18.9 Å². The van der Waals surface area contributed by atoms with Gasteiger partial charge in [-0.25, -0.2) is 14.4 Å². The average molecular weight is 327 g/mol. The van der Waals surface area contributed by atoms with E-state index < -0.39 is 29.8 Å². The van der Waals surface area contributed by atoms with Crippen LogP contribution in [-0.2, 0) is 6.18 Å².